The average molecular weight is 193 g/mol. The van der Waals surface area contributed by atoms with Crippen LogP contribution in [0.25, 0.3) is 0 Å². The molecular weight excluding hydrogens is 171 g/mol. The minimum atomic E-state index is -0.420. The zero-order chi connectivity index (χ0) is 10.0. The van der Waals surface area contributed by atoms with Crippen molar-refractivity contribution in [2.75, 3.05) is 24.6 Å². The molecule has 0 bridgehead atoms. The highest BCUT2D eigenvalue weighted by atomic mass is 31.2. The van der Waals surface area contributed by atoms with Crippen LogP contribution in [-0.4, -0.2) is 36.2 Å². The largest absolute Gasteiger partial charge is 0.483 e. The maximum Gasteiger partial charge on any atom is 0.290 e. The summed E-state index contributed by atoms with van der Waals surface area (Å²) >= 11 is 0. The number of rotatable bonds is 4. The third-order valence-electron chi connectivity index (χ3n) is 2.68. The summed E-state index contributed by atoms with van der Waals surface area (Å²) in [5.74, 6) is 0. The molecule has 12 heavy (non-hydrogen) atoms. The molecule has 0 rings (SSSR count). The Balaban J connectivity index is 0. The quantitative estimate of drug-likeness (QED) is 0.550. The van der Waals surface area contributed by atoms with Gasteiger partial charge in [-0.05, 0) is 27.7 Å². The third-order valence-corrected chi connectivity index (χ3v) is 8.05. The van der Waals surface area contributed by atoms with Crippen LogP contribution in [0, 0.1) is 0 Å². The number of hydrogen-bond donors (Lipinski definition) is 1. The fourth-order valence-electron chi connectivity index (χ4n) is 1.34. The molecule has 74 valence electrons. The van der Waals surface area contributed by atoms with Crippen LogP contribution in [-0.2, 0) is 4.79 Å². The fourth-order valence-corrected chi connectivity index (χ4v) is 4.02. The van der Waals surface area contributed by atoms with E-state index in [1.165, 1.54) is 24.6 Å². The van der Waals surface area contributed by atoms with Gasteiger partial charge in [-0.25, -0.2) is 0 Å². The second-order valence-corrected chi connectivity index (χ2v) is 7.93. The molecule has 0 aliphatic carbocycles. The lowest BCUT2D eigenvalue weighted by Crippen LogP contribution is -2.04. The summed E-state index contributed by atoms with van der Waals surface area (Å²) < 4.78 is 0. The predicted octanol–water partition coefficient (Wildman–Crippen LogP) is 2.78. The lowest BCUT2D eigenvalue weighted by atomic mass is 10.9. The Labute approximate surface area is 76.7 Å². The molecule has 2 nitrogen and oxygen atoms in total. The minimum Gasteiger partial charge on any atom is -0.483 e. The van der Waals surface area contributed by atoms with Crippen molar-refractivity contribution in [3.8, 4) is 0 Å². The van der Waals surface area contributed by atoms with Crippen molar-refractivity contribution in [1.82, 2.24) is 0 Å². The van der Waals surface area contributed by atoms with E-state index in [9.17, 15) is 0 Å². The van der Waals surface area contributed by atoms with E-state index in [1.54, 1.807) is 0 Å². The second kappa shape index (κ2) is 8.99. The number of carboxylic acid groups (broad SMARTS) is 1. The molecular formula is C9H22O2P+. The maximum atomic E-state index is 8.36. The van der Waals surface area contributed by atoms with Crippen molar-refractivity contribution < 1.29 is 9.90 Å². The Hall–Kier alpha value is -0.100. The molecule has 0 heterocycles. The van der Waals surface area contributed by atoms with Crippen molar-refractivity contribution in [3.63, 3.8) is 0 Å². The first-order valence-corrected chi connectivity index (χ1v) is 7.12. The van der Waals surface area contributed by atoms with Crippen molar-refractivity contribution in [2.24, 2.45) is 0 Å². The van der Waals surface area contributed by atoms with Gasteiger partial charge in [-0.1, -0.05) is 0 Å². The van der Waals surface area contributed by atoms with E-state index in [0.717, 1.165) is 0 Å². The van der Waals surface area contributed by atoms with E-state index in [4.69, 9.17) is 9.90 Å². The van der Waals surface area contributed by atoms with Gasteiger partial charge in [0.1, 0.15) is 0 Å². The Kier molecular flexibility index (Phi) is 10.8. The first kappa shape index (κ1) is 14.4. The molecule has 0 aliphatic heterocycles. The fraction of sp³-hybridized carbons (Fsp3) is 0.889. The Bertz CT molecular complexity index is 83.2. The van der Waals surface area contributed by atoms with E-state index in [0.29, 0.717) is 0 Å². The molecule has 1 N–H and O–H groups in total. The summed E-state index contributed by atoms with van der Waals surface area (Å²) in [5, 5.41) is 6.89. The summed E-state index contributed by atoms with van der Waals surface area (Å²) in [4.78, 5) is 8.36. The Morgan fingerprint density at radius 2 is 1.17 bits per heavy atom. The van der Waals surface area contributed by atoms with Gasteiger partial charge in [0.25, 0.3) is 6.47 Å². The molecule has 0 aromatic carbocycles. The zero-order valence-corrected chi connectivity index (χ0v) is 9.60. The molecule has 0 fully saturated rings. The van der Waals surface area contributed by atoms with Crippen LogP contribution in [0.15, 0.2) is 0 Å². The lowest BCUT2D eigenvalue weighted by Gasteiger charge is -2.20. The first-order chi connectivity index (χ1) is 5.66. The molecule has 0 aromatic rings. The van der Waals surface area contributed by atoms with E-state index < -0.39 is 7.26 Å². The van der Waals surface area contributed by atoms with Crippen LogP contribution in [0.1, 0.15) is 27.7 Å². The van der Waals surface area contributed by atoms with Crippen LogP contribution >= 0.6 is 7.26 Å². The van der Waals surface area contributed by atoms with Crippen molar-refractivity contribution in [3.05, 3.63) is 0 Å². The minimum absolute atomic E-state index is 0.250. The number of hydrogen-bond acceptors (Lipinski definition) is 1. The summed E-state index contributed by atoms with van der Waals surface area (Å²) in [6, 6.07) is 0. The smallest absolute Gasteiger partial charge is 0.290 e. The van der Waals surface area contributed by atoms with Crippen LogP contribution in [0.3, 0.4) is 0 Å². The molecule has 0 aliphatic rings. The van der Waals surface area contributed by atoms with Crippen molar-refractivity contribution in [1.29, 1.82) is 0 Å². The van der Waals surface area contributed by atoms with Crippen LogP contribution in [0.4, 0.5) is 0 Å². The van der Waals surface area contributed by atoms with E-state index in [2.05, 4.69) is 27.7 Å². The second-order valence-electron chi connectivity index (χ2n) is 2.71. The third kappa shape index (κ3) is 5.54. The lowest BCUT2D eigenvalue weighted by molar-refractivity contribution is -0.122. The van der Waals surface area contributed by atoms with Crippen molar-refractivity contribution >= 4 is 13.7 Å². The summed E-state index contributed by atoms with van der Waals surface area (Å²) in [6.45, 7) is 9.16. The molecule has 0 radical (unpaired) electrons. The predicted molar refractivity (Wildman–Crippen MR) is 57.8 cm³/mol. The summed E-state index contributed by atoms with van der Waals surface area (Å²) in [5.41, 5.74) is 0. The molecule has 0 spiro atoms. The topological polar surface area (TPSA) is 37.3 Å². The van der Waals surface area contributed by atoms with Gasteiger partial charge in [-0.3, -0.25) is 4.79 Å². The average Bonchev–Trinajstić information content (AvgIpc) is 2.11. The molecule has 0 unspecified atom stereocenters. The highest BCUT2D eigenvalue weighted by Crippen LogP contribution is 2.57. The Morgan fingerprint density at radius 3 is 1.17 bits per heavy atom. The highest BCUT2D eigenvalue weighted by molar-refractivity contribution is 7.75. The van der Waals surface area contributed by atoms with Gasteiger partial charge in [0.15, 0.2) is 0 Å². The van der Waals surface area contributed by atoms with E-state index in [-0.39, 0.29) is 6.47 Å². The maximum absolute atomic E-state index is 8.36. The van der Waals surface area contributed by atoms with Gasteiger partial charge in [-0.15, -0.1) is 0 Å². The van der Waals surface area contributed by atoms with Gasteiger partial charge < -0.3 is 5.11 Å². The van der Waals surface area contributed by atoms with E-state index >= 15 is 0 Å². The van der Waals surface area contributed by atoms with Gasteiger partial charge in [0.05, 0.1) is 24.6 Å². The normalized spacial score (nSPS) is 10.0. The zero-order valence-electron chi connectivity index (χ0n) is 8.71. The van der Waals surface area contributed by atoms with Gasteiger partial charge in [0, 0.05) is 7.26 Å². The van der Waals surface area contributed by atoms with Crippen LogP contribution in [0.5, 0.6) is 0 Å². The molecule has 0 saturated heterocycles. The summed E-state index contributed by atoms with van der Waals surface area (Å²) in [6.07, 6.45) is 5.82. The standard InChI is InChI=1S/C8H20P.CH2O2/c1-5-9(6-2,7-3)8-4;2-1-3/h5-8H2,1-4H3;1H,(H,2,3)/q+1;. The SMILES string of the molecule is CC[P+](CC)(CC)CC.O=CO. The molecule has 0 atom stereocenters. The monoisotopic (exact) mass is 193 g/mol. The van der Waals surface area contributed by atoms with Gasteiger partial charge >= 0.3 is 0 Å². The van der Waals surface area contributed by atoms with Crippen molar-refractivity contribution in [2.45, 2.75) is 27.7 Å². The van der Waals surface area contributed by atoms with Gasteiger partial charge in [0.2, 0.25) is 0 Å². The first-order valence-electron chi connectivity index (χ1n) is 4.59. The van der Waals surface area contributed by atoms with Gasteiger partial charge in [-0.2, -0.15) is 0 Å². The molecule has 0 aromatic heterocycles. The van der Waals surface area contributed by atoms with Crippen LogP contribution in [0.2, 0.25) is 0 Å². The molecule has 0 amide bonds. The molecule has 0 saturated carbocycles. The molecule has 3 heteroatoms. The summed E-state index contributed by atoms with van der Waals surface area (Å²) in [7, 11) is -0.420. The Morgan fingerprint density at radius 1 is 1.00 bits per heavy atom. The van der Waals surface area contributed by atoms with E-state index in [1.807, 2.05) is 0 Å². The highest BCUT2D eigenvalue weighted by Gasteiger charge is 2.27. The number of carbonyl (C=O) groups is 1. The van der Waals surface area contributed by atoms with Crippen LogP contribution < -0.4 is 0 Å².